The van der Waals surface area contributed by atoms with Crippen LogP contribution in [0.2, 0.25) is 0 Å². The highest BCUT2D eigenvalue weighted by Gasteiger charge is 2.34. The van der Waals surface area contributed by atoms with Crippen molar-refractivity contribution in [3.05, 3.63) is 18.2 Å². The van der Waals surface area contributed by atoms with E-state index in [1.54, 1.807) is 6.20 Å². The summed E-state index contributed by atoms with van der Waals surface area (Å²) in [4.78, 5) is 15.5. The molecule has 0 aliphatic heterocycles. The first kappa shape index (κ1) is 13.7. The first-order valence-electron chi connectivity index (χ1n) is 6.08. The van der Waals surface area contributed by atoms with Crippen LogP contribution in [0.4, 0.5) is 0 Å². The zero-order chi connectivity index (χ0) is 12.9. The molecule has 1 aromatic heterocycles. The van der Waals surface area contributed by atoms with E-state index in [4.69, 9.17) is 0 Å². The van der Waals surface area contributed by atoms with Crippen LogP contribution in [0, 0.1) is 0 Å². The third kappa shape index (κ3) is 2.85. The number of nitrogens with zero attached hydrogens (tertiary/aromatic N) is 2. The molecule has 0 unspecified atom stereocenters. The van der Waals surface area contributed by atoms with E-state index in [9.17, 15) is 9.90 Å². The monoisotopic (exact) mass is 239 g/mol. The largest absolute Gasteiger partial charge is 0.480 e. The Morgan fingerprint density at radius 1 is 1.47 bits per heavy atom. The summed E-state index contributed by atoms with van der Waals surface area (Å²) in [6.45, 7) is 7.13. The van der Waals surface area contributed by atoms with E-state index < -0.39 is 11.5 Å². The van der Waals surface area contributed by atoms with Gasteiger partial charge in [-0.15, -0.1) is 0 Å². The van der Waals surface area contributed by atoms with E-state index in [1.165, 1.54) is 0 Å². The minimum absolute atomic E-state index is 0.481. The van der Waals surface area contributed by atoms with Gasteiger partial charge in [-0.3, -0.25) is 10.1 Å². The molecular formula is C12H21N3O2. The molecule has 5 heteroatoms. The number of hydrogen-bond donors (Lipinski definition) is 2. The number of carbonyl (C=O) groups is 1. The minimum atomic E-state index is -0.843. The molecule has 0 radical (unpaired) electrons. The summed E-state index contributed by atoms with van der Waals surface area (Å²) in [6.07, 6.45) is 4.76. The molecule has 0 bridgehead atoms. The van der Waals surface area contributed by atoms with Gasteiger partial charge >= 0.3 is 5.97 Å². The van der Waals surface area contributed by atoms with Crippen LogP contribution < -0.4 is 5.32 Å². The maximum absolute atomic E-state index is 11.3. The summed E-state index contributed by atoms with van der Waals surface area (Å²) in [7, 11) is 0. The summed E-state index contributed by atoms with van der Waals surface area (Å²) >= 11 is 0. The Hall–Kier alpha value is -1.36. The fraction of sp³-hybridized carbons (Fsp3) is 0.667. The predicted molar refractivity (Wildman–Crippen MR) is 65.7 cm³/mol. The van der Waals surface area contributed by atoms with Crippen molar-refractivity contribution in [3.63, 3.8) is 0 Å². The molecule has 0 aliphatic rings. The number of carboxylic acids is 1. The lowest BCUT2D eigenvalue weighted by molar-refractivity contribution is -0.145. The summed E-state index contributed by atoms with van der Waals surface area (Å²) in [5.74, 6) is 0.0807. The van der Waals surface area contributed by atoms with Gasteiger partial charge in [0.25, 0.3) is 0 Å². The summed E-state index contributed by atoms with van der Waals surface area (Å²) < 4.78 is 2.00. The summed E-state index contributed by atoms with van der Waals surface area (Å²) in [6, 6.07) is 0. The molecule has 0 saturated heterocycles. The highest BCUT2D eigenvalue weighted by atomic mass is 16.4. The van der Waals surface area contributed by atoms with Gasteiger partial charge in [-0.25, -0.2) is 4.98 Å². The molecular weight excluding hydrogens is 218 g/mol. The van der Waals surface area contributed by atoms with E-state index in [0.29, 0.717) is 19.4 Å². The second-order valence-electron chi connectivity index (χ2n) is 4.08. The first-order valence-corrected chi connectivity index (χ1v) is 6.08. The number of carboxylic acid groups (broad SMARTS) is 1. The van der Waals surface area contributed by atoms with Crippen molar-refractivity contribution < 1.29 is 9.90 Å². The number of hydrogen-bond acceptors (Lipinski definition) is 3. The third-order valence-corrected chi connectivity index (χ3v) is 3.34. The third-order valence-electron chi connectivity index (χ3n) is 3.34. The Morgan fingerprint density at radius 2 is 2.12 bits per heavy atom. The van der Waals surface area contributed by atoms with Gasteiger partial charge in [0.1, 0.15) is 11.4 Å². The average Bonchev–Trinajstić information content (AvgIpc) is 2.78. The zero-order valence-electron chi connectivity index (χ0n) is 10.7. The molecule has 0 saturated carbocycles. The van der Waals surface area contributed by atoms with E-state index >= 15 is 0 Å². The fourth-order valence-electron chi connectivity index (χ4n) is 1.92. The molecule has 96 valence electrons. The second-order valence-corrected chi connectivity index (χ2v) is 4.08. The molecule has 0 aliphatic carbocycles. The van der Waals surface area contributed by atoms with Gasteiger partial charge in [0.15, 0.2) is 0 Å². The van der Waals surface area contributed by atoms with Crippen LogP contribution in [0.25, 0.3) is 0 Å². The first-order chi connectivity index (χ1) is 8.09. The molecule has 2 N–H and O–H groups in total. The maximum atomic E-state index is 11.3. The van der Waals surface area contributed by atoms with Crippen molar-refractivity contribution in [2.45, 2.75) is 52.2 Å². The lowest BCUT2D eigenvalue weighted by Gasteiger charge is -2.28. The number of aliphatic carboxylic acids is 1. The SMILES string of the molecule is CCn1ccnc1CNC(CC)(CC)C(=O)O. The van der Waals surface area contributed by atoms with Crippen LogP contribution in [0.1, 0.15) is 39.4 Å². The van der Waals surface area contributed by atoms with Gasteiger partial charge in [0.05, 0.1) is 6.54 Å². The molecule has 0 amide bonds. The van der Waals surface area contributed by atoms with Crippen molar-refractivity contribution in [2.75, 3.05) is 0 Å². The molecule has 1 rings (SSSR count). The molecule has 17 heavy (non-hydrogen) atoms. The number of imidazole rings is 1. The predicted octanol–water partition coefficient (Wildman–Crippen LogP) is 1.64. The van der Waals surface area contributed by atoms with Gasteiger partial charge in [-0.05, 0) is 19.8 Å². The van der Waals surface area contributed by atoms with E-state index in [1.807, 2.05) is 31.5 Å². The van der Waals surface area contributed by atoms with E-state index in [0.717, 1.165) is 12.4 Å². The molecule has 5 nitrogen and oxygen atoms in total. The Bertz CT molecular complexity index is 370. The van der Waals surface area contributed by atoms with E-state index in [2.05, 4.69) is 10.3 Å². The minimum Gasteiger partial charge on any atom is -0.480 e. The second kappa shape index (κ2) is 5.82. The molecule has 0 fully saturated rings. The van der Waals surface area contributed by atoms with Crippen molar-refractivity contribution in [2.24, 2.45) is 0 Å². The lowest BCUT2D eigenvalue weighted by atomic mass is 9.93. The molecule has 0 atom stereocenters. The van der Waals surface area contributed by atoms with Crippen LogP contribution in [-0.2, 0) is 17.9 Å². The number of nitrogens with one attached hydrogen (secondary N) is 1. The molecule has 1 heterocycles. The zero-order valence-corrected chi connectivity index (χ0v) is 10.7. The summed E-state index contributed by atoms with van der Waals surface area (Å²) in [5, 5.41) is 12.4. The quantitative estimate of drug-likeness (QED) is 0.759. The van der Waals surface area contributed by atoms with Gasteiger partial charge in [0.2, 0.25) is 0 Å². The normalized spacial score (nSPS) is 11.7. The molecule has 0 aromatic carbocycles. The highest BCUT2D eigenvalue weighted by Crippen LogP contribution is 2.16. The Kier molecular flexibility index (Phi) is 4.69. The van der Waals surface area contributed by atoms with Crippen LogP contribution in [0.5, 0.6) is 0 Å². The van der Waals surface area contributed by atoms with Crippen molar-refractivity contribution in [1.29, 1.82) is 0 Å². The Balaban J connectivity index is 2.74. The van der Waals surface area contributed by atoms with Crippen LogP contribution in [0.15, 0.2) is 12.4 Å². The van der Waals surface area contributed by atoms with Gasteiger partial charge in [0, 0.05) is 18.9 Å². The van der Waals surface area contributed by atoms with Crippen molar-refractivity contribution in [3.8, 4) is 0 Å². The standard InChI is InChI=1S/C12H21N3O2/c1-4-12(5-2,11(16)17)14-9-10-13-7-8-15(10)6-3/h7-8,14H,4-6,9H2,1-3H3,(H,16,17). The number of rotatable bonds is 7. The topological polar surface area (TPSA) is 67.2 Å². The summed E-state index contributed by atoms with van der Waals surface area (Å²) in [5.41, 5.74) is -0.843. The number of aromatic nitrogens is 2. The Labute approximate surface area is 102 Å². The smallest absolute Gasteiger partial charge is 0.323 e. The van der Waals surface area contributed by atoms with Crippen LogP contribution in [0.3, 0.4) is 0 Å². The average molecular weight is 239 g/mol. The van der Waals surface area contributed by atoms with Crippen molar-refractivity contribution in [1.82, 2.24) is 14.9 Å². The van der Waals surface area contributed by atoms with Crippen molar-refractivity contribution >= 4 is 5.97 Å². The van der Waals surface area contributed by atoms with Crippen LogP contribution in [-0.4, -0.2) is 26.2 Å². The fourth-order valence-corrected chi connectivity index (χ4v) is 1.92. The highest BCUT2D eigenvalue weighted by molar-refractivity contribution is 5.78. The van der Waals surface area contributed by atoms with Gasteiger partial charge in [-0.2, -0.15) is 0 Å². The Morgan fingerprint density at radius 3 is 2.59 bits per heavy atom. The lowest BCUT2D eigenvalue weighted by Crippen LogP contribution is -2.51. The maximum Gasteiger partial charge on any atom is 0.323 e. The molecule has 1 aromatic rings. The van der Waals surface area contributed by atoms with Gasteiger partial charge < -0.3 is 9.67 Å². The molecule has 0 spiro atoms. The van der Waals surface area contributed by atoms with E-state index in [-0.39, 0.29) is 0 Å². The van der Waals surface area contributed by atoms with Gasteiger partial charge in [-0.1, -0.05) is 13.8 Å². The van der Waals surface area contributed by atoms with Crippen LogP contribution >= 0.6 is 0 Å². The number of aryl methyl sites for hydroxylation is 1.